The van der Waals surface area contributed by atoms with E-state index in [0.29, 0.717) is 5.56 Å². The quantitative estimate of drug-likeness (QED) is 0.390. The van der Waals surface area contributed by atoms with E-state index in [4.69, 9.17) is 0 Å². The van der Waals surface area contributed by atoms with Gasteiger partial charge in [0.2, 0.25) is 0 Å². The molecule has 1 aliphatic heterocycles. The molecular formula is C16H12O6. The van der Waals surface area contributed by atoms with Gasteiger partial charge in [-0.25, -0.2) is 4.79 Å². The Morgan fingerprint density at radius 1 is 1.18 bits per heavy atom. The maximum Gasteiger partial charge on any atom is 0.352 e. The van der Waals surface area contributed by atoms with E-state index in [1.54, 1.807) is 30.3 Å². The Bertz CT molecular complexity index is 711. The molecule has 0 radical (unpaired) electrons. The standard InChI is InChI=1S/C16H12O6/c1-9(17)12-14(19)13(16(21)22-15(12)20)11(18)8-7-10-5-3-2-4-6-10/h2-8,13,19H,1H3. The zero-order chi connectivity index (χ0) is 16.3. The second-order valence-corrected chi connectivity index (χ2v) is 4.60. The molecule has 6 heteroatoms. The van der Waals surface area contributed by atoms with Gasteiger partial charge in [-0.3, -0.25) is 14.4 Å². The molecule has 0 saturated heterocycles. The van der Waals surface area contributed by atoms with Gasteiger partial charge in [-0.15, -0.1) is 0 Å². The fourth-order valence-corrected chi connectivity index (χ4v) is 1.98. The Morgan fingerprint density at radius 3 is 2.41 bits per heavy atom. The minimum atomic E-state index is -1.70. The molecule has 0 aromatic heterocycles. The van der Waals surface area contributed by atoms with Crippen molar-refractivity contribution in [3.8, 4) is 0 Å². The molecule has 0 fully saturated rings. The summed E-state index contributed by atoms with van der Waals surface area (Å²) < 4.78 is 4.35. The van der Waals surface area contributed by atoms with Crippen LogP contribution < -0.4 is 0 Å². The molecule has 0 spiro atoms. The fourth-order valence-electron chi connectivity index (χ4n) is 1.98. The third kappa shape index (κ3) is 3.01. The summed E-state index contributed by atoms with van der Waals surface area (Å²) in [6.45, 7) is 1.03. The highest BCUT2D eigenvalue weighted by molar-refractivity contribution is 6.24. The number of Topliss-reactive ketones (excluding diaryl/α,β-unsaturated/α-hetero) is 1. The van der Waals surface area contributed by atoms with Gasteiger partial charge in [-0.2, -0.15) is 0 Å². The number of carbonyl (C=O) groups is 4. The van der Waals surface area contributed by atoms with Gasteiger partial charge in [0.1, 0.15) is 11.3 Å². The van der Waals surface area contributed by atoms with Gasteiger partial charge in [0, 0.05) is 0 Å². The van der Waals surface area contributed by atoms with E-state index in [0.717, 1.165) is 13.0 Å². The molecule has 1 aliphatic rings. The summed E-state index contributed by atoms with van der Waals surface area (Å²) in [6.07, 6.45) is 2.54. The second-order valence-electron chi connectivity index (χ2n) is 4.60. The van der Waals surface area contributed by atoms with Crippen molar-refractivity contribution in [1.82, 2.24) is 0 Å². The van der Waals surface area contributed by atoms with Gasteiger partial charge in [0.25, 0.3) is 0 Å². The van der Waals surface area contributed by atoms with Crippen molar-refractivity contribution in [2.45, 2.75) is 6.92 Å². The van der Waals surface area contributed by atoms with E-state index >= 15 is 0 Å². The predicted octanol–water partition coefficient (Wildman–Crippen LogP) is 1.37. The number of hydrogen-bond donors (Lipinski definition) is 1. The van der Waals surface area contributed by atoms with Gasteiger partial charge < -0.3 is 9.84 Å². The van der Waals surface area contributed by atoms with Crippen molar-refractivity contribution in [3.63, 3.8) is 0 Å². The zero-order valence-corrected chi connectivity index (χ0v) is 11.6. The molecule has 0 aliphatic carbocycles. The number of ketones is 2. The summed E-state index contributed by atoms with van der Waals surface area (Å²) in [7, 11) is 0. The van der Waals surface area contributed by atoms with Crippen molar-refractivity contribution in [2.24, 2.45) is 5.92 Å². The molecule has 0 saturated carbocycles. The largest absolute Gasteiger partial charge is 0.510 e. The Labute approximate surface area is 125 Å². The van der Waals surface area contributed by atoms with Crippen LogP contribution in [-0.4, -0.2) is 28.6 Å². The lowest BCUT2D eigenvalue weighted by Crippen LogP contribution is -2.37. The van der Waals surface area contributed by atoms with Gasteiger partial charge >= 0.3 is 11.9 Å². The number of esters is 2. The lowest BCUT2D eigenvalue weighted by Gasteiger charge is -2.19. The maximum absolute atomic E-state index is 12.1. The lowest BCUT2D eigenvalue weighted by atomic mass is 9.93. The van der Waals surface area contributed by atoms with Crippen molar-refractivity contribution in [2.75, 3.05) is 0 Å². The highest BCUT2D eigenvalue weighted by Gasteiger charge is 2.42. The number of ether oxygens (including phenoxy) is 1. The van der Waals surface area contributed by atoms with E-state index in [9.17, 15) is 24.3 Å². The van der Waals surface area contributed by atoms with Gasteiger partial charge in [0.05, 0.1) is 0 Å². The highest BCUT2D eigenvalue weighted by Crippen LogP contribution is 2.24. The van der Waals surface area contributed by atoms with Crippen LogP contribution in [-0.2, 0) is 23.9 Å². The van der Waals surface area contributed by atoms with E-state index in [1.165, 1.54) is 6.08 Å². The maximum atomic E-state index is 12.1. The number of aliphatic hydroxyl groups is 1. The first kappa shape index (κ1) is 15.4. The van der Waals surface area contributed by atoms with E-state index in [2.05, 4.69) is 4.74 Å². The Hall–Kier alpha value is -3.02. The Balaban J connectivity index is 2.32. The summed E-state index contributed by atoms with van der Waals surface area (Å²) in [5.41, 5.74) is 0.0393. The molecule has 2 rings (SSSR count). The van der Waals surface area contributed by atoms with Gasteiger partial charge in [0.15, 0.2) is 17.5 Å². The van der Waals surface area contributed by atoms with Crippen LogP contribution in [0.15, 0.2) is 47.7 Å². The first-order chi connectivity index (χ1) is 10.4. The minimum absolute atomic E-state index is 0.675. The van der Waals surface area contributed by atoms with Crippen molar-refractivity contribution >= 4 is 29.6 Å². The molecule has 1 unspecified atom stereocenters. The number of benzene rings is 1. The summed E-state index contributed by atoms with van der Waals surface area (Å²) in [6, 6.07) is 8.81. The van der Waals surface area contributed by atoms with Crippen LogP contribution in [0.3, 0.4) is 0 Å². The SMILES string of the molecule is CC(=O)C1=C(O)C(C(=O)C=Cc2ccccc2)C(=O)OC1=O. The summed E-state index contributed by atoms with van der Waals surface area (Å²) in [5, 5.41) is 9.89. The number of aliphatic hydroxyl groups excluding tert-OH is 1. The third-order valence-corrected chi connectivity index (χ3v) is 3.04. The Kier molecular flexibility index (Phi) is 4.31. The third-order valence-electron chi connectivity index (χ3n) is 3.04. The molecule has 1 heterocycles. The van der Waals surface area contributed by atoms with Crippen LogP contribution >= 0.6 is 0 Å². The van der Waals surface area contributed by atoms with E-state index < -0.39 is 40.8 Å². The molecule has 1 atom stereocenters. The molecule has 0 amide bonds. The average Bonchev–Trinajstić information content (AvgIpc) is 2.45. The van der Waals surface area contributed by atoms with Crippen LogP contribution in [0.4, 0.5) is 0 Å². The zero-order valence-electron chi connectivity index (χ0n) is 11.6. The molecule has 1 N–H and O–H groups in total. The first-order valence-corrected chi connectivity index (χ1v) is 6.39. The van der Waals surface area contributed by atoms with Crippen molar-refractivity contribution < 1.29 is 29.0 Å². The van der Waals surface area contributed by atoms with Crippen LogP contribution in [0.2, 0.25) is 0 Å². The minimum Gasteiger partial charge on any atom is -0.510 e. The first-order valence-electron chi connectivity index (χ1n) is 6.39. The predicted molar refractivity (Wildman–Crippen MR) is 75.4 cm³/mol. The van der Waals surface area contributed by atoms with Gasteiger partial charge in [-0.1, -0.05) is 36.4 Å². The van der Waals surface area contributed by atoms with Crippen LogP contribution in [0.25, 0.3) is 6.08 Å². The monoisotopic (exact) mass is 300 g/mol. The number of allylic oxidation sites excluding steroid dienone is 1. The molecular weight excluding hydrogens is 288 g/mol. The molecule has 112 valence electrons. The highest BCUT2D eigenvalue weighted by atomic mass is 16.6. The molecule has 22 heavy (non-hydrogen) atoms. The van der Waals surface area contributed by atoms with Crippen molar-refractivity contribution in [3.05, 3.63) is 53.3 Å². The van der Waals surface area contributed by atoms with Crippen LogP contribution in [0.1, 0.15) is 12.5 Å². The van der Waals surface area contributed by atoms with E-state index in [1.807, 2.05) is 0 Å². The van der Waals surface area contributed by atoms with Gasteiger partial charge in [-0.05, 0) is 18.6 Å². The number of hydrogen-bond acceptors (Lipinski definition) is 6. The topological polar surface area (TPSA) is 97.7 Å². The number of carbonyl (C=O) groups excluding carboxylic acids is 4. The fraction of sp³-hybridized carbons (Fsp3) is 0.125. The second kappa shape index (κ2) is 6.17. The van der Waals surface area contributed by atoms with Crippen LogP contribution in [0, 0.1) is 5.92 Å². The summed E-state index contributed by atoms with van der Waals surface area (Å²) in [5.74, 6) is -6.56. The number of rotatable bonds is 4. The number of cyclic esters (lactones) is 2. The average molecular weight is 300 g/mol. The Morgan fingerprint density at radius 2 is 1.82 bits per heavy atom. The normalized spacial score (nSPS) is 18.5. The molecule has 6 nitrogen and oxygen atoms in total. The summed E-state index contributed by atoms with van der Waals surface area (Å²) >= 11 is 0. The summed E-state index contributed by atoms with van der Waals surface area (Å²) in [4.78, 5) is 46.4. The van der Waals surface area contributed by atoms with Crippen LogP contribution in [0.5, 0.6) is 0 Å². The van der Waals surface area contributed by atoms with Crippen molar-refractivity contribution in [1.29, 1.82) is 0 Å². The molecule has 1 aromatic rings. The van der Waals surface area contributed by atoms with E-state index in [-0.39, 0.29) is 0 Å². The smallest absolute Gasteiger partial charge is 0.352 e. The molecule has 0 bridgehead atoms. The lowest BCUT2D eigenvalue weighted by molar-refractivity contribution is -0.162. The molecule has 1 aromatic carbocycles.